The summed E-state index contributed by atoms with van der Waals surface area (Å²) in [6, 6.07) is 5.70. The molecule has 0 unspecified atom stereocenters. The van der Waals surface area contributed by atoms with Crippen LogP contribution in [0.15, 0.2) is 18.2 Å². The molecule has 1 heterocycles. The van der Waals surface area contributed by atoms with Gasteiger partial charge in [0.05, 0.1) is 7.11 Å². The Morgan fingerprint density at radius 2 is 2.00 bits per heavy atom. The van der Waals surface area contributed by atoms with Crippen molar-refractivity contribution in [1.29, 1.82) is 0 Å². The second kappa shape index (κ2) is 6.38. The van der Waals surface area contributed by atoms with Crippen LogP contribution in [0.3, 0.4) is 0 Å². The van der Waals surface area contributed by atoms with Crippen LogP contribution < -0.4 is 10.2 Å². The summed E-state index contributed by atoms with van der Waals surface area (Å²) >= 11 is 6.01. The number of methoxy groups -OCH3 is 1. The van der Waals surface area contributed by atoms with Crippen LogP contribution in [0.2, 0.25) is 5.02 Å². The largest absolute Gasteiger partial charge is 0.496 e. The Morgan fingerprint density at radius 1 is 1.28 bits per heavy atom. The highest BCUT2D eigenvalue weighted by atomic mass is 35.5. The van der Waals surface area contributed by atoms with E-state index in [9.17, 15) is 0 Å². The van der Waals surface area contributed by atoms with Crippen LogP contribution in [0.5, 0.6) is 5.75 Å². The second-order valence-electron chi connectivity index (χ2n) is 4.58. The van der Waals surface area contributed by atoms with Gasteiger partial charge >= 0.3 is 0 Å². The van der Waals surface area contributed by atoms with Crippen molar-refractivity contribution in [2.24, 2.45) is 0 Å². The molecule has 100 valence electrons. The van der Waals surface area contributed by atoms with Gasteiger partial charge in [-0.1, -0.05) is 11.6 Å². The van der Waals surface area contributed by atoms with E-state index in [-0.39, 0.29) is 0 Å². The number of nitrogens with one attached hydrogen (secondary N) is 1. The molecule has 1 aromatic rings. The minimum absolute atomic E-state index is 0.742. The highest BCUT2D eigenvalue weighted by molar-refractivity contribution is 6.30. The van der Waals surface area contributed by atoms with Crippen LogP contribution in [0, 0.1) is 0 Å². The van der Waals surface area contributed by atoms with Gasteiger partial charge in [0, 0.05) is 43.3 Å². The highest BCUT2D eigenvalue weighted by Crippen LogP contribution is 2.22. The summed E-state index contributed by atoms with van der Waals surface area (Å²) < 4.78 is 5.33. The first-order chi connectivity index (χ1) is 8.69. The minimum Gasteiger partial charge on any atom is -0.496 e. The van der Waals surface area contributed by atoms with Gasteiger partial charge in [-0.25, -0.2) is 5.01 Å². The normalized spacial score (nSPS) is 17.9. The zero-order chi connectivity index (χ0) is 13.0. The van der Waals surface area contributed by atoms with Gasteiger partial charge in [0.2, 0.25) is 0 Å². The molecule has 0 amide bonds. The van der Waals surface area contributed by atoms with E-state index in [1.54, 1.807) is 7.11 Å². The lowest BCUT2D eigenvalue weighted by Gasteiger charge is -2.32. The number of likely N-dealkylation sites (N-methyl/N-ethyl adjacent to an activating group) is 1. The second-order valence-corrected chi connectivity index (χ2v) is 5.02. The number of nitrogens with zero attached hydrogens (tertiary/aromatic N) is 2. The summed E-state index contributed by atoms with van der Waals surface area (Å²) in [7, 11) is 3.83. The van der Waals surface area contributed by atoms with E-state index in [0.717, 1.165) is 49.1 Å². The Kier molecular flexibility index (Phi) is 4.83. The van der Waals surface area contributed by atoms with Gasteiger partial charge in [-0.2, -0.15) is 0 Å². The lowest BCUT2D eigenvalue weighted by atomic mass is 10.2. The van der Waals surface area contributed by atoms with E-state index in [4.69, 9.17) is 16.3 Å². The maximum absolute atomic E-state index is 6.01. The molecule has 1 aliphatic heterocycles. The zero-order valence-electron chi connectivity index (χ0n) is 10.9. The predicted molar refractivity (Wildman–Crippen MR) is 73.9 cm³/mol. The molecule has 1 aromatic carbocycles. The van der Waals surface area contributed by atoms with Crippen molar-refractivity contribution in [2.45, 2.75) is 6.54 Å². The van der Waals surface area contributed by atoms with Crippen molar-refractivity contribution < 1.29 is 4.74 Å². The summed E-state index contributed by atoms with van der Waals surface area (Å²) in [6.45, 7) is 5.02. The van der Waals surface area contributed by atoms with Crippen LogP contribution in [-0.2, 0) is 6.54 Å². The monoisotopic (exact) mass is 269 g/mol. The molecule has 0 atom stereocenters. The molecule has 4 nitrogen and oxygen atoms in total. The average Bonchev–Trinajstić information content (AvgIpc) is 2.38. The number of rotatable bonds is 4. The highest BCUT2D eigenvalue weighted by Gasteiger charge is 2.13. The lowest BCUT2D eigenvalue weighted by molar-refractivity contribution is 0.102. The van der Waals surface area contributed by atoms with Crippen LogP contribution in [0.1, 0.15) is 5.56 Å². The summed E-state index contributed by atoms with van der Waals surface area (Å²) in [5.41, 5.74) is 4.52. The first kappa shape index (κ1) is 13.6. The third kappa shape index (κ3) is 3.59. The number of piperazine rings is 1. The van der Waals surface area contributed by atoms with Crippen LogP contribution in [0.25, 0.3) is 0 Å². The van der Waals surface area contributed by atoms with Crippen LogP contribution in [-0.4, -0.2) is 50.2 Å². The topological polar surface area (TPSA) is 27.7 Å². The molecule has 0 spiro atoms. The van der Waals surface area contributed by atoms with Gasteiger partial charge in [-0.15, -0.1) is 0 Å². The molecule has 0 aromatic heterocycles. The van der Waals surface area contributed by atoms with Gasteiger partial charge in [0.25, 0.3) is 0 Å². The molecule has 1 N–H and O–H groups in total. The molecule has 2 rings (SSSR count). The number of hydrazine groups is 1. The molecule has 5 heteroatoms. The average molecular weight is 270 g/mol. The molecular weight excluding hydrogens is 250 g/mol. The molecule has 1 fully saturated rings. The van der Waals surface area contributed by atoms with Gasteiger partial charge in [0.1, 0.15) is 5.75 Å². The van der Waals surface area contributed by atoms with Crippen molar-refractivity contribution in [1.82, 2.24) is 15.3 Å². The molecule has 0 radical (unpaired) electrons. The fourth-order valence-corrected chi connectivity index (χ4v) is 2.24. The Hall–Kier alpha value is -0.810. The summed E-state index contributed by atoms with van der Waals surface area (Å²) in [4.78, 5) is 2.33. The molecule has 1 saturated heterocycles. The van der Waals surface area contributed by atoms with Crippen molar-refractivity contribution in [3.63, 3.8) is 0 Å². The van der Waals surface area contributed by atoms with E-state index in [1.807, 2.05) is 18.2 Å². The van der Waals surface area contributed by atoms with E-state index in [0.29, 0.717) is 0 Å². The number of hydrogen-bond acceptors (Lipinski definition) is 4. The molecule has 0 aliphatic carbocycles. The minimum atomic E-state index is 0.742. The fourth-order valence-electron chi connectivity index (χ4n) is 2.05. The predicted octanol–water partition coefficient (Wildman–Crippen LogP) is 1.60. The van der Waals surface area contributed by atoms with Crippen LogP contribution in [0.4, 0.5) is 0 Å². The number of benzene rings is 1. The van der Waals surface area contributed by atoms with E-state index >= 15 is 0 Å². The Labute approximate surface area is 113 Å². The quantitative estimate of drug-likeness (QED) is 0.899. The van der Waals surface area contributed by atoms with Gasteiger partial charge in [-0.05, 0) is 25.2 Å². The van der Waals surface area contributed by atoms with Crippen molar-refractivity contribution in [3.8, 4) is 5.75 Å². The summed E-state index contributed by atoms with van der Waals surface area (Å²) in [6.07, 6.45) is 0. The van der Waals surface area contributed by atoms with Crippen molar-refractivity contribution in [3.05, 3.63) is 28.8 Å². The Bertz CT molecular complexity index is 392. The Morgan fingerprint density at radius 3 is 2.67 bits per heavy atom. The lowest BCUT2D eigenvalue weighted by Crippen LogP contribution is -2.50. The summed E-state index contributed by atoms with van der Waals surface area (Å²) in [5, 5.41) is 2.99. The fraction of sp³-hybridized carbons (Fsp3) is 0.538. The third-order valence-corrected chi connectivity index (χ3v) is 3.47. The number of ether oxygens (including phenoxy) is 1. The summed E-state index contributed by atoms with van der Waals surface area (Å²) in [5.74, 6) is 0.876. The van der Waals surface area contributed by atoms with Crippen molar-refractivity contribution in [2.75, 3.05) is 40.3 Å². The van der Waals surface area contributed by atoms with Gasteiger partial charge in [0.15, 0.2) is 0 Å². The zero-order valence-corrected chi connectivity index (χ0v) is 11.7. The van der Waals surface area contributed by atoms with Crippen molar-refractivity contribution >= 4 is 11.6 Å². The van der Waals surface area contributed by atoms with Crippen LogP contribution >= 0.6 is 11.6 Å². The van der Waals surface area contributed by atoms with E-state index in [2.05, 4.69) is 22.4 Å². The number of halogens is 1. The third-order valence-electron chi connectivity index (χ3n) is 3.24. The number of hydrogen-bond donors (Lipinski definition) is 1. The molecule has 0 saturated carbocycles. The molecule has 18 heavy (non-hydrogen) atoms. The van der Waals surface area contributed by atoms with Gasteiger partial charge < -0.3 is 9.64 Å². The first-order valence-electron chi connectivity index (χ1n) is 6.18. The molecule has 1 aliphatic rings. The van der Waals surface area contributed by atoms with Gasteiger partial charge in [-0.3, -0.25) is 5.43 Å². The van der Waals surface area contributed by atoms with E-state index in [1.165, 1.54) is 0 Å². The maximum atomic E-state index is 6.01. The molecule has 0 bridgehead atoms. The SMILES string of the molecule is COc1ccc(Cl)cc1CNN1CCN(C)CC1. The van der Waals surface area contributed by atoms with E-state index < -0.39 is 0 Å². The maximum Gasteiger partial charge on any atom is 0.123 e. The smallest absolute Gasteiger partial charge is 0.123 e. The first-order valence-corrected chi connectivity index (χ1v) is 6.56. The standard InChI is InChI=1S/C13H20ClN3O/c1-16-5-7-17(8-6-16)15-10-11-9-12(14)3-4-13(11)18-2/h3-4,9,15H,5-8,10H2,1-2H3. The Balaban J connectivity index is 1.91. The molecular formula is C13H20ClN3O.